The van der Waals surface area contributed by atoms with Gasteiger partial charge in [-0.3, -0.25) is 9.89 Å². The number of nitrogens with two attached hydrogens (primary N) is 1. The number of anilines is 2. The second-order valence-electron chi connectivity index (χ2n) is 4.90. The molecule has 3 rings (SSSR count). The van der Waals surface area contributed by atoms with Gasteiger partial charge in [0.1, 0.15) is 11.5 Å². The normalized spacial score (nSPS) is 18.2. The lowest BCUT2D eigenvalue weighted by Crippen LogP contribution is -2.42. The van der Waals surface area contributed by atoms with E-state index in [0.29, 0.717) is 11.5 Å². The molecule has 1 aromatic carbocycles. The van der Waals surface area contributed by atoms with Crippen LogP contribution >= 0.6 is 0 Å². The van der Waals surface area contributed by atoms with Gasteiger partial charge < -0.3 is 10.6 Å². The third-order valence-corrected chi connectivity index (χ3v) is 3.57. The molecule has 1 aromatic heterocycles. The Morgan fingerprint density at radius 2 is 2.26 bits per heavy atom. The summed E-state index contributed by atoms with van der Waals surface area (Å²) in [4.78, 5) is 14.4. The first kappa shape index (κ1) is 11.8. The van der Waals surface area contributed by atoms with E-state index in [2.05, 4.69) is 23.2 Å². The van der Waals surface area contributed by atoms with Crippen LogP contribution in [0.4, 0.5) is 11.5 Å². The fourth-order valence-electron chi connectivity index (χ4n) is 2.57. The standard InChI is InChI=1S/C14H16N4O/c1-9-6-7-10-4-2-3-5-12(10)18(9)14(19)11-8-13(15)17-16-11/h2-5,8-9H,6-7H2,1H3,(H3,15,16,17). The number of aromatic nitrogens is 2. The lowest BCUT2D eigenvalue weighted by Gasteiger charge is -2.34. The number of carbonyl (C=O) groups excluding carboxylic acids is 1. The third kappa shape index (κ3) is 1.97. The molecule has 98 valence electrons. The van der Waals surface area contributed by atoms with E-state index in [1.54, 1.807) is 6.07 Å². The number of hydrogen-bond donors (Lipinski definition) is 2. The van der Waals surface area contributed by atoms with Crippen molar-refractivity contribution in [2.75, 3.05) is 10.6 Å². The molecule has 3 N–H and O–H groups in total. The molecule has 2 aromatic rings. The number of fused-ring (bicyclic) bond motifs is 1. The number of aromatic amines is 1. The molecule has 2 heterocycles. The smallest absolute Gasteiger partial charge is 0.276 e. The minimum Gasteiger partial charge on any atom is -0.382 e. The van der Waals surface area contributed by atoms with Gasteiger partial charge in [0.15, 0.2) is 0 Å². The van der Waals surface area contributed by atoms with E-state index >= 15 is 0 Å². The largest absolute Gasteiger partial charge is 0.382 e. The first-order valence-electron chi connectivity index (χ1n) is 6.39. The molecule has 0 bridgehead atoms. The maximum absolute atomic E-state index is 12.6. The summed E-state index contributed by atoms with van der Waals surface area (Å²) in [6.07, 6.45) is 1.97. The van der Waals surface area contributed by atoms with Crippen LogP contribution in [0.1, 0.15) is 29.4 Å². The summed E-state index contributed by atoms with van der Waals surface area (Å²) in [5, 5.41) is 6.51. The Bertz CT molecular complexity index is 619. The summed E-state index contributed by atoms with van der Waals surface area (Å²) in [7, 11) is 0. The van der Waals surface area contributed by atoms with Crippen LogP contribution in [0.3, 0.4) is 0 Å². The van der Waals surface area contributed by atoms with Crippen molar-refractivity contribution >= 4 is 17.4 Å². The van der Waals surface area contributed by atoms with E-state index in [9.17, 15) is 4.79 Å². The molecular formula is C14H16N4O. The van der Waals surface area contributed by atoms with Gasteiger partial charge in [-0.1, -0.05) is 18.2 Å². The molecule has 0 aliphatic carbocycles. The summed E-state index contributed by atoms with van der Waals surface area (Å²) in [6, 6.07) is 9.77. The third-order valence-electron chi connectivity index (χ3n) is 3.57. The maximum atomic E-state index is 12.6. The number of H-pyrrole nitrogens is 1. The molecule has 0 saturated heterocycles. The van der Waals surface area contributed by atoms with Gasteiger partial charge in [-0.2, -0.15) is 5.10 Å². The second kappa shape index (κ2) is 4.42. The monoisotopic (exact) mass is 256 g/mol. The molecule has 0 spiro atoms. The number of aryl methyl sites for hydroxylation is 1. The average molecular weight is 256 g/mol. The van der Waals surface area contributed by atoms with Gasteiger partial charge in [-0.25, -0.2) is 0 Å². The van der Waals surface area contributed by atoms with E-state index in [4.69, 9.17) is 5.73 Å². The van der Waals surface area contributed by atoms with E-state index in [0.717, 1.165) is 18.5 Å². The molecule has 0 radical (unpaired) electrons. The number of para-hydroxylation sites is 1. The van der Waals surface area contributed by atoms with Crippen LogP contribution < -0.4 is 10.6 Å². The van der Waals surface area contributed by atoms with Crippen molar-refractivity contribution < 1.29 is 4.79 Å². The quantitative estimate of drug-likeness (QED) is 0.819. The number of amides is 1. The Hall–Kier alpha value is -2.30. The first-order chi connectivity index (χ1) is 9.16. The molecule has 5 nitrogen and oxygen atoms in total. The molecule has 1 atom stereocenters. The van der Waals surface area contributed by atoms with Crippen molar-refractivity contribution in [1.29, 1.82) is 0 Å². The molecule has 5 heteroatoms. The van der Waals surface area contributed by atoms with Crippen LogP contribution in [0.5, 0.6) is 0 Å². The fraction of sp³-hybridized carbons (Fsp3) is 0.286. The van der Waals surface area contributed by atoms with Crippen molar-refractivity contribution in [3.63, 3.8) is 0 Å². The van der Waals surface area contributed by atoms with Crippen LogP contribution in [0.2, 0.25) is 0 Å². The molecule has 1 aliphatic rings. The topological polar surface area (TPSA) is 75.0 Å². The highest BCUT2D eigenvalue weighted by atomic mass is 16.2. The number of benzene rings is 1. The molecule has 0 fully saturated rings. The number of carbonyl (C=O) groups is 1. The van der Waals surface area contributed by atoms with E-state index < -0.39 is 0 Å². The van der Waals surface area contributed by atoms with E-state index in [1.165, 1.54) is 5.56 Å². The number of nitrogens with one attached hydrogen (secondary N) is 1. The van der Waals surface area contributed by atoms with Gasteiger partial charge in [0.25, 0.3) is 5.91 Å². The number of hydrogen-bond acceptors (Lipinski definition) is 3. The predicted octanol–water partition coefficient (Wildman–Crippen LogP) is 1.97. The zero-order valence-corrected chi connectivity index (χ0v) is 10.8. The van der Waals surface area contributed by atoms with Gasteiger partial charge in [0.05, 0.1) is 0 Å². The Morgan fingerprint density at radius 1 is 1.47 bits per heavy atom. The van der Waals surface area contributed by atoms with E-state index in [-0.39, 0.29) is 11.9 Å². The highest BCUT2D eigenvalue weighted by Crippen LogP contribution is 2.31. The molecule has 1 unspecified atom stereocenters. The van der Waals surface area contributed by atoms with Crippen LogP contribution in [0.25, 0.3) is 0 Å². The van der Waals surface area contributed by atoms with Gasteiger partial charge in [0.2, 0.25) is 0 Å². The van der Waals surface area contributed by atoms with Crippen molar-refractivity contribution in [2.45, 2.75) is 25.8 Å². The predicted molar refractivity (Wildman–Crippen MR) is 74.0 cm³/mol. The molecule has 1 amide bonds. The Labute approximate surface area is 111 Å². The Kier molecular flexibility index (Phi) is 2.74. The van der Waals surface area contributed by atoms with Gasteiger partial charge in [0, 0.05) is 17.8 Å². The summed E-state index contributed by atoms with van der Waals surface area (Å²) >= 11 is 0. The lowest BCUT2D eigenvalue weighted by atomic mass is 9.96. The summed E-state index contributed by atoms with van der Waals surface area (Å²) < 4.78 is 0. The lowest BCUT2D eigenvalue weighted by molar-refractivity contribution is 0.0970. The number of rotatable bonds is 1. The minimum absolute atomic E-state index is 0.0798. The van der Waals surface area contributed by atoms with Crippen molar-refractivity contribution in [2.24, 2.45) is 0 Å². The first-order valence-corrected chi connectivity index (χ1v) is 6.39. The number of nitrogens with zero attached hydrogens (tertiary/aromatic N) is 2. The van der Waals surface area contributed by atoms with Crippen LogP contribution in [-0.2, 0) is 6.42 Å². The Morgan fingerprint density at radius 3 is 3.00 bits per heavy atom. The zero-order chi connectivity index (χ0) is 13.4. The highest BCUT2D eigenvalue weighted by molar-refractivity contribution is 6.06. The van der Waals surface area contributed by atoms with Crippen molar-refractivity contribution in [1.82, 2.24) is 10.2 Å². The Balaban J connectivity index is 2.02. The zero-order valence-electron chi connectivity index (χ0n) is 10.8. The van der Waals surface area contributed by atoms with Crippen LogP contribution in [-0.4, -0.2) is 22.1 Å². The SMILES string of the molecule is CC1CCc2ccccc2N1C(=O)c1cc(N)n[nH]1. The molecule has 19 heavy (non-hydrogen) atoms. The van der Waals surface area contributed by atoms with Crippen LogP contribution in [0.15, 0.2) is 30.3 Å². The fourth-order valence-corrected chi connectivity index (χ4v) is 2.57. The second-order valence-corrected chi connectivity index (χ2v) is 4.90. The van der Waals surface area contributed by atoms with Crippen molar-refractivity contribution in [3.05, 3.63) is 41.6 Å². The summed E-state index contributed by atoms with van der Waals surface area (Å²) in [6.45, 7) is 2.06. The average Bonchev–Trinajstić information content (AvgIpc) is 2.85. The molecular weight excluding hydrogens is 240 g/mol. The molecule has 1 aliphatic heterocycles. The van der Waals surface area contributed by atoms with E-state index in [1.807, 2.05) is 23.1 Å². The summed E-state index contributed by atoms with van der Waals surface area (Å²) in [5.74, 6) is 0.255. The van der Waals surface area contributed by atoms with Gasteiger partial charge in [-0.15, -0.1) is 0 Å². The molecule has 0 saturated carbocycles. The maximum Gasteiger partial charge on any atom is 0.276 e. The highest BCUT2D eigenvalue weighted by Gasteiger charge is 2.29. The summed E-state index contributed by atoms with van der Waals surface area (Å²) in [5.41, 5.74) is 8.19. The minimum atomic E-state index is -0.0798. The van der Waals surface area contributed by atoms with Gasteiger partial charge in [-0.05, 0) is 31.4 Å². The van der Waals surface area contributed by atoms with Crippen LogP contribution in [0, 0.1) is 0 Å². The number of nitrogen functional groups attached to an aromatic ring is 1. The van der Waals surface area contributed by atoms with Gasteiger partial charge >= 0.3 is 0 Å². The van der Waals surface area contributed by atoms with Crippen molar-refractivity contribution in [3.8, 4) is 0 Å².